The highest BCUT2D eigenvalue weighted by molar-refractivity contribution is 7.99. The molecular formula is C74H100N16O12S2. The molecule has 560 valence electrons. The van der Waals surface area contributed by atoms with Crippen molar-refractivity contribution >= 4 is 81.9 Å². The lowest BCUT2D eigenvalue weighted by Crippen LogP contribution is -2.38. The zero-order chi connectivity index (χ0) is 78.5. The number of nitro benzene ring substituents is 4. The van der Waals surface area contributed by atoms with Gasteiger partial charge in [0.2, 0.25) is 35.6 Å². The van der Waals surface area contributed by atoms with Gasteiger partial charge in [0, 0.05) is 75.6 Å². The normalized spacial score (nSPS) is 10.9. The number of nitrogens with one attached hydrogen (secondary N) is 2. The number of phenolic OH excluding ortho intramolecular Hbond substituents is 2. The summed E-state index contributed by atoms with van der Waals surface area (Å²) < 4.78 is 0. The van der Waals surface area contributed by atoms with Crippen LogP contribution in [0.15, 0.2) is 156 Å². The molecule has 0 saturated carbocycles. The van der Waals surface area contributed by atoms with Crippen molar-refractivity contribution in [3.8, 4) is 11.5 Å². The first kappa shape index (κ1) is 87.6. The Morgan fingerprint density at radius 2 is 0.769 bits per heavy atom. The molecule has 0 unspecified atom stereocenters. The maximum Gasteiger partial charge on any atom is 0.317 e. The van der Waals surface area contributed by atoms with Gasteiger partial charge in [0.1, 0.15) is 0 Å². The molecule has 0 aliphatic carbocycles. The molecule has 6 aromatic carbocycles. The van der Waals surface area contributed by atoms with E-state index < -0.39 is 64.8 Å². The number of non-ortho nitro benzene ring substituents is 2. The average Bonchev–Trinajstić information content (AvgIpc) is 0.804. The van der Waals surface area contributed by atoms with Gasteiger partial charge in [0.25, 0.3) is 11.4 Å². The molecule has 28 nitrogen and oxygen atoms in total. The van der Waals surface area contributed by atoms with Crippen molar-refractivity contribution in [3.63, 3.8) is 0 Å². The van der Waals surface area contributed by atoms with Crippen LogP contribution < -0.4 is 21.3 Å². The Morgan fingerprint density at radius 3 is 1.01 bits per heavy atom. The number of anilines is 4. The number of nitrogens with two attached hydrogens (primary N) is 1. The molecule has 0 saturated heterocycles. The number of nitro groups is 4. The lowest BCUT2D eigenvalue weighted by Gasteiger charge is -2.30. The van der Waals surface area contributed by atoms with E-state index in [1.807, 2.05) is 121 Å². The minimum absolute atomic E-state index is 0.104. The Morgan fingerprint density at radius 1 is 0.471 bits per heavy atom. The van der Waals surface area contributed by atoms with E-state index >= 15 is 0 Å². The highest BCUT2D eigenvalue weighted by atomic mass is 32.2. The molecule has 2 amide bonds. The summed E-state index contributed by atoms with van der Waals surface area (Å²) in [7, 11) is 7.17. The van der Waals surface area contributed by atoms with Crippen molar-refractivity contribution in [3.05, 3.63) is 219 Å². The molecule has 0 fully saturated rings. The van der Waals surface area contributed by atoms with E-state index in [0.717, 1.165) is 63.2 Å². The Labute approximate surface area is 617 Å². The second-order valence-corrected chi connectivity index (χ2v) is 29.3. The van der Waals surface area contributed by atoms with Crippen molar-refractivity contribution in [1.29, 1.82) is 0 Å². The standard InChI is InChI=1S/2C16H17NO.2C11H21N5S.2C10H12N2O5/c2*1-17(2)16(18)15(13-9-5-3-6-10-13)14-11-7-4-8-12-14;1-6-17-11-14-9(12)13-10(15-11)16(7(2)3)8(4)5;1-6-17-11-15-9(12-7(2)3)14-10(16-11)13-8(4)5;2*1-10(2,3)7-4-6(11(14)15)5-8(9(7)13)12(16)17/h2*3-12,15H,1-2H3;7-8H,6H2,1-5H3,(H2,12,13,14,15);7-8H,6H2,1-5H3,(H2,12,13,14,15,16);2*4-5,13H,1-3H3. The van der Waals surface area contributed by atoms with Crippen molar-refractivity contribution in [1.82, 2.24) is 39.7 Å². The number of nitrogen functional groups attached to an aromatic ring is 1. The Hall–Kier alpha value is -10.6. The minimum atomic E-state index is -0.836. The van der Waals surface area contributed by atoms with Gasteiger partial charge in [-0.2, -0.15) is 29.9 Å². The molecule has 8 rings (SSSR count). The number of hydrogen-bond acceptors (Lipinski definition) is 24. The van der Waals surface area contributed by atoms with Crippen molar-refractivity contribution < 1.29 is 39.5 Å². The number of carbonyl (C=O) groups is 2. The molecular weight excluding hydrogens is 1370 g/mol. The average molecular weight is 1470 g/mol. The predicted octanol–water partition coefficient (Wildman–Crippen LogP) is 15.6. The molecule has 0 aliphatic rings. The fourth-order valence-corrected chi connectivity index (χ4v) is 10.9. The van der Waals surface area contributed by atoms with Gasteiger partial charge in [0.05, 0.1) is 43.7 Å². The minimum Gasteiger partial charge on any atom is -0.502 e. The topological polar surface area (TPSA) is 384 Å². The highest BCUT2D eigenvalue weighted by Gasteiger charge is 2.32. The summed E-state index contributed by atoms with van der Waals surface area (Å²) in [6, 6.07) is 44.7. The third-order valence-corrected chi connectivity index (χ3v) is 15.9. The van der Waals surface area contributed by atoms with E-state index in [1.54, 1.807) is 103 Å². The quantitative estimate of drug-likeness (QED) is 0.0253. The van der Waals surface area contributed by atoms with E-state index in [4.69, 9.17) is 5.73 Å². The van der Waals surface area contributed by atoms with Crippen LogP contribution in [0.25, 0.3) is 0 Å². The highest BCUT2D eigenvalue weighted by Crippen LogP contribution is 2.42. The molecule has 0 spiro atoms. The van der Waals surface area contributed by atoms with Crippen LogP contribution in [0.3, 0.4) is 0 Å². The van der Waals surface area contributed by atoms with Gasteiger partial charge in [-0.3, -0.25) is 50.0 Å². The number of aromatic hydroxyl groups is 2. The molecule has 30 heteroatoms. The van der Waals surface area contributed by atoms with Crippen molar-refractivity contribution in [2.75, 3.05) is 61.0 Å². The number of thioether (sulfide) groups is 2. The second kappa shape index (κ2) is 41.5. The number of hydrogen-bond donors (Lipinski definition) is 5. The zero-order valence-electron chi connectivity index (χ0n) is 62.9. The Kier molecular flexibility index (Phi) is 34.9. The van der Waals surface area contributed by atoms with Crippen LogP contribution in [0.5, 0.6) is 11.5 Å². The molecule has 0 atom stereocenters. The smallest absolute Gasteiger partial charge is 0.317 e. The maximum absolute atomic E-state index is 12.4. The Bertz CT molecular complexity index is 3760. The van der Waals surface area contributed by atoms with Crippen LogP contribution >= 0.6 is 23.5 Å². The zero-order valence-corrected chi connectivity index (χ0v) is 64.6. The first-order chi connectivity index (χ1) is 48.6. The van der Waals surface area contributed by atoms with Gasteiger partial charge >= 0.3 is 11.4 Å². The summed E-state index contributed by atoms with van der Waals surface area (Å²) >= 11 is 3.19. The summed E-state index contributed by atoms with van der Waals surface area (Å²) in [5, 5.41) is 70.1. The first-order valence-corrected chi connectivity index (χ1v) is 35.4. The van der Waals surface area contributed by atoms with E-state index in [1.165, 1.54) is 0 Å². The van der Waals surface area contributed by atoms with Crippen molar-refractivity contribution in [2.24, 2.45) is 0 Å². The number of phenols is 2. The van der Waals surface area contributed by atoms with Crippen LogP contribution in [0.4, 0.5) is 46.5 Å². The molecule has 0 radical (unpaired) electrons. The molecule has 6 N–H and O–H groups in total. The van der Waals surface area contributed by atoms with Gasteiger partial charge < -0.3 is 41.3 Å². The summed E-state index contributed by atoms with van der Waals surface area (Å²) in [4.78, 5) is 95.6. The summed E-state index contributed by atoms with van der Waals surface area (Å²) in [5.74, 6) is 2.82. The number of likely N-dealkylation sites (N-methyl/N-ethyl adjacent to an activating group) is 2. The van der Waals surface area contributed by atoms with Gasteiger partial charge in [-0.1, -0.05) is 200 Å². The third-order valence-electron chi connectivity index (χ3n) is 14.4. The van der Waals surface area contributed by atoms with Crippen LogP contribution in [0.1, 0.15) is 156 Å². The number of aromatic nitrogens is 6. The molecule has 104 heavy (non-hydrogen) atoms. The van der Waals surface area contributed by atoms with E-state index in [0.29, 0.717) is 47.2 Å². The first-order valence-electron chi connectivity index (χ1n) is 33.4. The predicted molar refractivity (Wildman–Crippen MR) is 414 cm³/mol. The van der Waals surface area contributed by atoms with Gasteiger partial charge in [-0.15, -0.1) is 0 Å². The van der Waals surface area contributed by atoms with E-state index in [-0.39, 0.29) is 40.7 Å². The van der Waals surface area contributed by atoms with Crippen LogP contribution in [-0.4, -0.2) is 145 Å². The van der Waals surface area contributed by atoms with Crippen LogP contribution in [0, 0.1) is 40.5 Å². The number of rotatable bonds is 21. The lowest BCUT2D eigenvalue weighted by molar-refractivity contribution is -0.395. The molecule has 8 aromatic rings. The third kappa shape index (κ3) is 28.0. The summed E-state index contributed by atoms with van der Waals surface area (Å²) in [6.07, 6.45) is 0. The molecule has 0 aliphatic heterocycles. The van der Waals surface area contributed by atoms with Crippen LogP contribution in [-0.2, 0) is 20.4 Å². The van der Waals surface area contributed by atoms with E-state index in [9.17, 15) is 60.3 Å². The number of amides is 2. The largest absolute Gasteiger partial charge is 0.502 e. The van der Waals surface area contributed by atoms with Gasteiger partial charge in [0.15, 0.2) is 21.8 Å². The number of benzene rings is 6. The monoisotopic (exact) mass is 1470 g/mol. The Balaban J connectivity index is 0.000000324. The van der Waals surface area contributed by atoms with E-state index in [2.05, 4.69) is 115 Å². The summed E-state index contributed by atoms with van der Waals surface area (Å²) in [6.45, 7) is 31.1. The van der Waals surface area contributed by atoms with Crippen molar-refractivity contribution in [2.45, 2.75) is 168 Å². The molecule has 2 aromatic heterocycles. The SMILES string of the molecule is CC(C)(C)c1cc([N+](=O)[O-])cc([N+](=O)[O-])c1O.CC(C)(C)c1cc([N+](=O)[O-])cc([N+](=O)[O-])c1O.CCSc1nc(N)nc(N(C(C)C)C(C)C)n1.CCSc1nc(NC(C)C)nc(NC(C)C)n1.CN(C)C(=O)C(c1ccccc1)c1ccccc1.CN(C)C(=O)C(c1ccccc1)c1ccccc1. The lowest BCUT2D eigenvalue weighted by atomic mass is 9.85. The number of nitrogens with zero attached hydrogens (tertiary/aromatic N) is 13. The maximum atomic E-state index is 12.4. The fraction of sp³-hybridized carbons (Fsp3) is 0.405. The number of carbonyl (C=O) groups excluding carboxylic acids is 2. The summed E-state index contributed by atoms with van der Waals surface area (Å²) in [5.41, 5.74) is 6.85. The van der Waals surface area contributed by atoms with Gasteiger partial charge in [-0.25, -0.2) is 0 Å². The molecule has 2 heterocycles. The molecule has 0 bridgehead atoms. The van der Waals surface area contributed by atoms with Gasteiger partial charge in [-0.05, 0) is 100.0 Å². The fourth-order valence-electron chi connectivity index (χ4n) is 9.82. The second-order valence-electron chi connectivity index (χ2n) is 26.8. The van der Waals surface area contributed by atoms with Crippen LogP contribution in [0.2, 0.25) is 0 Å².